The van der Waals surface area contributed by atoms with Gasteiger partial charge in [-0.3, -0.25) is 4.98 Å². The van der Waals surface area contributed by atoms with Crippen LogP contribution < -0.4 is 0 Å². The number of hydrogen-bond donors (Lipinski definition) is 0. The minimum atomic E-state index is 0.175. The first-order valence-corrected chi connectivity index (χ1v) is 10.1. The monoisotopic (exact) mass is 356 g/mol. The van der Waals surface area contributed by atoms with Crippen molar-refractivity contribution < 1.29 is 0 Å². The van der Waals surface area contributed by atoms with Gasteiger partial charge in [0, 0.05) is 29.5 Å². The second-order valence-electron chi connectivity index (χ2n) is 9.14. The summed E-state index contributed by atoms with van der Waals surface area (Å²) in [5.41, 5.74) is 7.18. The molecule has 1 saturated heterocycles. The molecule has 2 aromatic carbocycles. The van der Waals surface area contributed by atoms with Gasteiger partial charge in [-0.15, -0.1) is 0 Å². The van der Waals surface area contributed by atoms with Crippen LogP contribution in [-0.2, 0) is 18.3 Å². The molecule has 0 radical (unpaired) electrons. The van der Waals surface area contributed by atoms with Crippen LogP contribution in [-0.4, -0.2) is 30.0 Å². The average molecular weight is 357 g/mol. The van der Waals surface area contributed by atoms with Gasteiger partial charge in [-0.05, 0) is 62.0 Å². The Morgan fingerprint density at radius 3 is 2.70 bits per heavy atom. The fourth-order valence-corrected chi connectivity index (χ4v) is 5.79. The van der Waals surface area contributed by atoms with Crippen molar-refractivity contribution in [2.24, 2.45) is 5.41 Å². The Balaban J connectivity index is 1.72. The number of nitrogens with zero attached hydrogens (tertiary/aromatic N) is 2. The van der Waals surface area contributed by atoms with E-state index in [0.29, 0.717) is 0 Å². The number of fused-ring (bicyclic) bond motifs is 3. The molecule has 2 heterocycles. The molecule has 3 aromatic rings. The van der Waals surface area contributed by atoms with E-state index >= 15 is 0 Å². The number of pyridine rings is 1. The Hall–Kier alpha value is -2.19. The molecule has 2 heteroatoms. The number of aryl methyl sites for hydroxylation is 1. The first-order valence-electron chi connectivity index (χ1n) is 10.1. The van der Waals surface area contributed by atoms with Crippen molar-refractivity contribution >= 4 is 10.9 Å². The first kappa shape index (κ1) is 16.9. The molecule has 0 N–H and O–H groups in total. The summed E-state index contributed by atoms with van der Waals surface area (Å²) in [5, 5.41) is 1.27. The molecule has 5 rings (SSSR count). The van der Waals surface area contributed by atoms with E-state index in [1.165, 1.54) is 34.2 Å². The van der Waals surface area contributed by atoms with Crippen LogP contribution in [0.25, 0.3) is 10.9 Å². The average Bonchev–Trinajstić information content (AvgIpc) is 2.64. The van der Waals surface area contributed by atoms with Crippen LogP contribution in [0.1, 0.15) is 35.7 Å². The molecule has 138 valence electrons. The molecular formula is C25H28N2. The van der Waals surface area contributed by atoms with E-state index in [2.05, 4.69) is 80.4 Å². The molecule has 2 atom stereocenters. The molecule has 1 aliphatic heterocycles. The summed E-state index contributed by atoms with van der Waals surface area (Å²) in [6.45, 7) is 7.04. The van der Waals surface area contributed by atoms with E-state index in [1.54, 1.807) is 0 Å². The second kappa shape index (κ2) is 5.90. The first-order chi connectivity index (χ1) is 13.0. The summed E-state index contributed by atoms with van der Waals surface area (Å²) in [5.74, 6) is 0. The van der Waals surface area contributed by atoms with Gasteiger partial charge in [0.15, 0.2) is 0 Å². The summed E-state index contributed by atoms with van der Waals surface area (Å²) in [6.07, 6.45) is 3.37. The van der Waals surface area contributed by atoms with Crippen molar-refractivity contribution in [3.63, 3.8) is 0 Å². The Kier molecular flexibility index (Phi) is 3.70. The molecule has 2 aliphatic rings. The predicted octanol–water partition coefficient (Wildman–Crippen LogP) is 4.92. The number of benzene rings is 2. The maximum Gasteiger partial charge on any atom is 0.0705 e. The zero-order valence-corrected chi connectivity index (χ0v) is 16.6. The lowest BCUT2D eigenvalue weighted by Crippen LogP contribution is -2.59. The molecule has 1 fully saturated rings. The van der Waals surface area contributed by atoms with Crippen molar-refractivity contribution in [1.82, 2.24) is 9.88 Å². The molecule has 27 heavy (non-hydrogen) atoms. The third-order valence-electron chi connectivity index (χ3n) is 7.21. The van der Waals surface area contributed by atoms with Gasteiger partial charge in [0.05, 0.1) is 5.52 Å². The van der Waals surface area contributed by atoms with Crippen molar-refractivity contribution in [2.45, 2.75) is 38.5 Å². The number of rotatable bonds is 1. The predicted molar refractivity (Wildman–Crippen MR) is 112 cm³/mol. The van der Waals surface area contributed by atoms with Gasteiger partial charge in [-0.25, -0.2) is 0 Å². The van der Waals surface area contributed by atoms with Crippen LogP contribution in [0, 0.1) is 12.3 Å². The molecule has 0 amide bonds. The number of hydrogen-bond acceptors (Lipinski definition) is 2. The standard InChI is InChI=1S/C25H28N2/c1-18-7-6-9-21(13-18)25-11-12-27(3)17-24(25,2)15-20-14-19-8-4-5-10-22(19)26-23(20)16-25/h4-10,13-14H,11-12,15-17H2,1-3H3/t24-,25+/m1/s1. The van der Waals surface area contributed by atoms with Gasteiger partial charge in [0.2, 0.25) is 0 Å². The molecule has 0 unspecified atom stereocenters. The topological polar surface area (TPSA) is 16.1 Å². The summed E-state index contributed by atoms with van der Waals surface area (Å²) < 4.78 is 0. The molecule has 0 saturated carbocycles. The highest BCUT2D eigenvalue weighted by Crippen LogP contribution is 2.55. The van der Waals surface area contributed by atoms with Gasteiger partial charge < -0.3 is 4.90 Å². The maximum absolute atomic E-state index is 5.14. The molecule has 0 spiro atoms. The third kappa shape index (κ3) is 2.54. The number of aromatic nitrogens is 1. The Morgan fingerprint density at radius 2 is 1.85 bits per heavy atom. The molecule has 1 aliphatic carbocycles. The van der Waals surface area contributed by atoms with Crippen molar-refractivity contribution in [3.05, 3.63) is 77.0 Å². The Labute approximate surface area is 162 Å². The zero-order valence-electron chi connectivity index (χ0n) is 16.6. The summed E-state index contributed by atoms with van der Waals surface area (Å²) in [4.78, 5) is 7.66. The number of likely N-dealkylation sites (tertiary alicyclic amines) is 1. The molecule has 0 bridgehead atoms. The van der Waals surface area contributed by atoms with Crippen LogP contribution in [0.2, 0.25) is 0 Å². The van der Waals surface area contributed by atoms with Gasteiger partial charge >= 0.3 is 0 Å². The lowest BCUT2D eigenvalue weighted by molar-refractivity contribution is 0.0149. The van der Waals surface area contributed by atoms with Crippen LogP contribution in [0.15, 0.2) is 54.6 Å². The highest BCUT2D eigenvalue weighted by Gasteiger charge is 2.54. The normalized spacial score (nSPS) is 28.0. The van der Waals surface area contributed by atoms with Crippen LogP contribution in [0.5, 0.6) is 0 Å². The molecular weight excluding hydrogens is 328 g/mol. The van der Waals surface area contributed by atoms with Gasteiger partial charge in [0.1, 0.15) is 0 Å². The highest BCUT2D eigenvalue weighted by molar-refractivity contribution is 5.79. The molecule has 1 aromatic heterocycles. The Bertz CT molecular complexity index is 1020. The van der Waals surface area contributed by atoms with E-state index in [0.717, 1.165) is 31.4 Å². The van der Waals surface area contributed by atoms with Crippen LogP contribution in [0.4, 0.5) is 0 Å². The highest BCUT2D eigenvalue weighted by atomic mass is 15.1. The summed E-state index contributed by atoms with van der Waals surface area (Å²) >= 11 is 0. The minimum absolute atomic E-state index is 0.175. The fourth-order valence-electron chi connectivity index (χ4n) is 5.79. The smallest absolute Gasteiger partial charge is 0.0705 e. The van der Waals surface area contributed by atoms with E-state index in [4.69, 9.17) is 4.98 Å². The third-order valence-corrected chi connectivity index (χ3v) is 7.21. The summed E-state index contributed by atoms with van der Waals surface area (Å²) in [6, 6.07) is 20.2. The van der Waals surface area contributed by atoms with Crippen LogP contribution in [0.3, 0.4) is 0 Å². The minimum Gasteiger partial charge on any atom is -0.306 e. The summed E-state index contributed by atoms with van der Waals surface area (Å²) in [7, 11) is 2.28. The van der Waals surface area contributed by atoms with E-state index in [-0.39, 0.29) is 10.8 Å². The molecule has 2 nitrogen and oxygen atoms in total. The van der Waals surface area contributed by atoms with Crippen molar-refractivity contribution in [1.29, 1.82) is 0 Å². The Morgan fingerprint density at radius 1 is 1.00 bits per heavy atom. The zero-order chi connectivity index (χ0) is 18.6. The SMILES string of the molecule is Cc1cccc([C@@]23CCN(C)C[C@@]2(C)Cc2cc4ccccc4nc2C3)c1. The van der Waals surface area contributed by atoms with Gasteiger partial charge in [0.25, 0.3) is 0 Å². The second-order valence-corrected chi connectivity index (χ2v) is 9.14. The lowest BCUT2D eigenvalue weighted by atomic mass is 9.50. The van der Waals surface area contributed by atoms with Gasteiger partial charge in [-0.2, -0.15) is 0 Å². The lowest BCUT2D eigenvalue weighted by Gasteiger charge is -2.57. The van der Waals surface area contributed by atoms with Gasteiger partial charge in [-0.1, -0.05) is 55.0 Å². The van der Waals surface area contributed by atoms with Crippen molar-refractivity contribution in [2.75, 3.05) is 20.1 Å². The van der Waals surface area contributed by atoms with E-state index in [1.807, 2.05) is 0 Å². The number of para-hydroxylation sites is 1. The van der Waals surface area contributed by atoms with Crippen molar-refractivity contribution in [3.8, 4) is 0 Å². The van der Waals surface area contributed by atoms with E-state index < -0.39 is 0 Å². The maximum atomic E-state index is 5.14. The fraction of sp³-hybridized carbons (Fsp3) is 0.400. The van der Waals surface area contributed by atoms with Crippen LogP contribution >= 0.6 is 0 Å². The van der Waals surface area contributed by atoms with E-state index in [9.17, 15) is 0 Å². The largest absolute Gasteiger partial charge is 0.306 e. The quantitative estimate of drug-likeness (QED) is 0.615. The number of piperidine rings is 1.